The second-order valence-electron chi connectivity index (χ2n) is 3.92. The van der Waals surface area contributed by atoms with Crippen molar-refractivity contribution in [1.29, 1.82) is 0 Å². The van der Waals surface area contributed by atoms with Crippen molar-refractivity contribution in [3.63, 3.8) is 0 Å². The topological polar surface area (TPSA) is 49.3 Å². The molecular formula is C13H11BrClNO2S. The predicted molar refractivity (Wildman–Crippen MR) is 82.1 cm³/mol. The molecule has 0 spiro atoms. The van der Waals surface area contributed by atoms with Gasteiger partial charge in [0.2, 0.25) is 0 Å². The van der Waals surface area contributed by atoms with Gasteiger partial charge in [-0.15, -0.1) is 11.3 Å². The van der Waals surface area contributed by atoms with E-state index in [2.05, 4.69) is 21.2 Å². The molecule has 3 nitrogen and oxygen atoms in total. The summed E-state index contributed by atoms with van der Waals surface area (Å²) in [6, 6.07) is 9.45. The van der Waals surface area contributed by atoms with Gasteiger partial charge in [-0.25, -0.2) is 0 Å². The van der Waals surface area contributed by atoms with E-state index < -0.39 is 5.97 Å². The molecule has 0 bridgehead atoms. The molecule has 0 aliphatic carbocycles. The molecule has 2 rings (SSSR count). The van der Waals surface area contributed by atoms with E-state index in [0.717, 1.165) is 19.9 Å². The van der Waals surface area contributed by atoms with Gasteiger partial charge in [-0.1, -0.05) is 11.6 Å². The number of thiophene rings is 1. The van der Waals surface area contributed by atoms with Gasteiger partial charge in [0.25, 0.3) is 0 Å². The minimum absolute atomic E-state index is 0.0782. The third kappa shape index (κ3) is 4.23. The first kappa shape index (κ1) is 14.4. The number of aliphatic carboxylic acids is 1. The molecule has 0 radical (unpaired) electrons. The summed E-state index contributed by atoms with van der Waals surface area (Å²) in [7, 11) is 0. The van der Waals surface area contributed by atoms with E-state index in [0.29, 0.717) is 11.6 Å². The molecule has 1 aromatic carbocycles. The predicted octanol–water partition coefficient (Wildman–Crippen LogP) is 4.40. The first-order chi connectivity index (χ1) is 9.04. The second-order valence-corrected chi connectivity index (χ2v) is 6.44. The fourth-order valence-electron chi connectivity index (χ4n) is 1.56. The van der Waals surface area contributed by atoms with Crippen molar-refractivity contribution in [2.24, 2.45) is 0 Å². The van der Waals surface area contributed by atoms with E-state index in [1.165, 1.54) is 11.3 Å². The molecule has 6 heteroatoms. The number of rotatable bonds is 5. The zero-order valence-corrected chi connectivity index (χ0v) is 13.0. The highest BCUT2D eigenvalue weighted by Gasteiger charge is 2.05. The molecule has 19 heavy (non-hydrogen) atoms. The van der Waals surface area contributed by atoms with Crippen LogP contribution in [0.5, 0.6) is 0 Å². The van der Waals surface area contributed by atoms with Gasteiger partial charge in [0.15, 0.2) is 0 Å². The molecule has 0 atom stereocenters. The summed E-state index contributed by atoms with van der Waals surface area (Å²) >= 11 is 10.8. The molecule has 1 heterocycles. The Bertz CT molecular complexity index is 600. The van der Waals surface area contributed by atoms with Gasteiger partial charge < -0.3 is 10.4 Å². The van der Waals surface area contributed by atoms with E-state index >= 15 is 0 Å². The van der Waals surface area contributed by atoms with Crippen LogP contribution in [0.25, 0.3) is 0 Å². The number of carboxylic acid groups (broad SMARTS) is 1. The normalized spacial score (nSPS) is 10.4. The fraction of sp³-hybridized carbons (Fsp3) is 0.154. The maximum Gasteiger partial charge on any atom is 0.308 e. The number of nitrogens with one attached hydrogen (secondary N) is 1. The first-order valence-electron chi connectivity index (χ1n) is 5.53. The quantitative estimate of drug-likeness (QED) is 0.830. The number of halogens is 2. The average Bonchev–Trinajstić information content (AvgIpc) is 2.77. The summed E-state index contributed by atoms with van der Waals surface area (Å²) in [5, 5.41) is 12.6. The number of carboxylic acids is 1. The van der Waals surface area contributed by atoms with E-state index in [-0.39, 0.29) is 6.42 Å². The van der Waals surface area contributed by atoms with Crippen molar-refractivity contribution >= 4 is 50.5 Å². The molecule has 0 saturated carbocycles. The monoisotopic (exact) mass is 359 g/mol. The zero-order chi connectivity index (χ0) is 13.8. The molecule has 0 fully saturated rings. The maximum absolute atomic E-state index is 10.6. The van der Waals surface area contributed by atoms with Crippen molar-refractivity contribution in [1.82, 2.24) is 0 Å². The molecule has 0 amide bonds. The van der Waals surface area contributed by atoms with Crippen LogP contribution in [0.2, 0.25) is 5.02 Å². The number of anilines is 1. The van der Waals surface area contributed by atoms with E-state index in [9.17, 15) is 4.79 Å². The highest BCUT2D eigenvalue weighted by molar-refractivity contribution is 9.10. The third-order valence-electron chi connectivity index (χ3n) is 2.43. The maximum atomic E-state index is 10.6. The summed E-state index contributed by atoms with van der Waals surface area (Å²) in [4.78, 5) is 12.6. The van der Waals surface area contributed by atoms with Crippen molar-refractivity contribution < 1.29 is 9.90 Å². The Morgan fingerprint density at radius 2 is 2.05 bits per heavy atom. The van der Waals surface area contributed by atoms with Crippen molar-refractivity contribution in [2.75, 3.05) is 5.32 Å². The average molecular weight is 361 g/mol. The lowest BCUT2D eigenvalue weighted by molar-refractivity contribution is -0.136. The molecule has 0 aliphatic heterocycles. The molecule has 2 N–H and O–H groups in total. The highest BCUT2D eigenvalue weighted by Crippen LogP contribution is 2.26. The smallest absolute Gasteiger partial charge is 0.308 e. The Kier molecular flexibility index (Phi) is 4.85. The Balaban J connectivity index is 1.96. The van der Waals surface area contributed by atoms with Crippen LogP contribution in [-0.2, 0) is 17.8 Å². The summed E-state index contributed by atoms with van der Waals surface area (Å²) < 4.78 is 0.861. The molecule has 0 saturated heterocycles. The molecule has 0 aliphatic rings. The van der Waals surface area contributed by atoms with Crippen LogP contribution in [0, 0.1) is 0 Å². The largest absolute Gasteiger partial charge is 0.481 e. The molecule has 100 valence electrons. The fourth-order valence-corrected chi connectivity index (χ4v) is 2.93. The van der Waals surface area contributed by atoms with Crippen LogP contribution in [0.3, 0.4) is 0 Å². The second kappa shape index (κ2) is 6.41. The van der Waals surface area contributed by atoms with Gasteiger partial charge in [-0.3, -0.25) is 4.79 Å². The van der Waals surface area contributed by atoms with Gasteiger partial charge in [0.05, 0.1) is 11.4 Å². The van der Waals surface area contributed by atoms with Crippen molar-refractivity contribution in [2.45, 2.75) is 13.0 Å². The van der Waals surface area contributed by atoms with Gasteiger partial charge >= 0.3 is 5.97 Å². The van der Waals surface area contributed by atoms with Crippen LogP contribution < -0.4 is 5.32 Å². The summed E-state index contributed by atoms with van der Waals surface area (Å²) in [6.07, 6.45) is 0.0782. The first-order valence-corrected chi connectivity index (χ1v) is 7.51. The number of benzene rings is 1. The number of carbonyl (C=O) groups is 1. The van der Waals surface area contributed by atoms with Crippen molar-refractivity contribution in [3.8, 4) is 0 Å². The number of hydrogen-bond acceptors (Lipinski definition) is 3. The molecule has 0 unspecified atom stereocenters. The van der Waals surface area contributed by atoms with Gasteiger partial charge in [-0.05, 0) is 46.3 Å². The summed E-state index contributed by atoms with van der Waals surface area (Å²) in [6.45, 7) is 0.655. The number of hydrogen-bond donors (Lipinski definition) is 2. The Morgan fingerprint density at radius 3 is 2.74 bits per heavy atom. The van der Waals surface area contributed by atoms with Crippen LogP contribution >= 0.6 is 38.9 Å². The van der Waals surface area contributed by atoms with Gasteiger partial charge in [0, 0.05) is 26.5 Å². The van der Waals surface area contributed by atoms with Crippen LogP contribution in [0.1, 0.15) is 9.75 Å². The van der Waals surface area contributed by atoms with Crippen LogP contribution in [0.4, 0.5) is 5.69 Å². The van der Waals surface area contributed by atoms with Crippen molar-refractivity contribution in [3.05, 3.63) is 49.6 Å². The molecular weight excluding hydrogens is 350 g/mol. The SMILES string of the molecule is O=C(O)Cc1ccc(CNc2ccc(Br)c(Cl)c2)s1. The van der Waals surface area contributed by atoms with Gasteiger partial charge in [-0.2, -0.15) is 0 Å². The minimum Gasteiger partial charge on any atom is -0.481 e. The highest BCUT2D eigenvalue weighted by atomic mass is 79.9. The summed E-state index contributed by atoms with van der Waals surface area (Å²) in [5.41, 5.74) is 0.932. The Labute approximate surface area is 128 Å². The lowest BCUT2D eigenvalue weighted by Gasteiger charge is -2.06. The van der Waals surface area contributed by atoms with Gasteiger partial charge in [0.1, 0.15) is 0 Å². The Morgan fingerprint density at radius 1 is 1.32 bits per heavy atom. The zero-order valence-electron chi connectivity index (χ0n) is 9.82. The van der Waals surface area contributed by atoms with Crippen LogP contribution in [0.15, 0.2) is 34.8 Å². The minimum atomic E-state index is -0.805. The van der Waals surface area contributed by atoms with E-state index in [1.807, 2.05) is 30.3 Å². The van der Waals surface area contributed by atoms with E-state index in [4.69, 9.17) is 16.7 Å². The third-order valence-corrected chi connectivity index (χ3v) is 4.75. The Hall–Kier alpha value is -1.04. The van der Waals surface area contributed by atoms with E-state index in [1.54, 1.807) is 0 Å². The standard InChI is InChI=1S/C13H11BrClNO2S/c14-11-4-1-8(5-12(11)15)16-7-10-3-2-9(19-10)6-13(17)18/h1-5,16H,6-7H2,(H,17,18). The molecule has 1 aromatic heterocycles. The van der Waals surface area contributed by atoms with Crippen LogP contribution in [-0.4, -0.2) is 11.1 Å². The lowest BCUT2D eigenvalue weighted by atomic mass is 10.3. The summed E-state index contributed by atoms with van der Waals surface area (Å²) in [5.74, 6) is -0.805. The lowest BCUT2D eigenvalue weighted by Crippen LogP contribution is -1.98. The molecule has 2 aromatic rings.